The Morgan fingerprint density at radius 1 is 1.07 bits per heavy atom. The van der Waals surface area contributed by atoms with Gasteiger partial charge in [-0.3, -0.25) is 4.79 Å². The summed E-state index contributed by atoms with van der Waals surface area (Å²) in [5.74, 6) is 0.562. The third-order valence-electron chi connectivity index (χ3n) is 8.49. The molecule has 2 N–H and O–H groups in total. The maximum Gasteiger partial charge on any atom is 0.257 e. The van der Waals surface area contributed by atoms with Crippen molar-refractivity contribution in [1.29, 1.82) is 0 Å². The zero-order valence-corrected chi connectivity index (χ0v) is 22.6. The monoisotopic (exact) mass is 535 g/mol. The van der Waals surface area contributed by atoms with Gasteiger partial charge in [-0.15, -0.1) is 0 Å². The lowest BCUT2D eigenvalue weighted by molar-refractivity contribution is 0.0448. The fraction of sp³-hybridized carbons (Fsp3) is 0.355. The third kappa shape index (κ3) is 4.30. The molecule has 9 nitrogen and oxygen atoms in total. The molecule has 4 aromatic heterocycles. The van der Waals surface area contributed by atoms with E-state index in [1.165, 1.54) is 18.4 Å². The van der Waals surface area contributed by atoms with E-state index in [0.717, 1.165) is 47.4 Å². The predicted octanol–water partition coefficient (Wildman–Crippen LogP) is 4.75. The van der Waals surface area contributed by atoms with Crippen LogP contribution in [-0.2, 0) is 6.54 Å². The Kier molecular flexibility index (Phi) is 6.23. The minimum Gasteiger partial charge on any atom is -0.391 e. The molecule has 0 aliphatic heterocycles. The molecule has 4 heterocycles. The number of pyridine rings is 1. The van der Waals surface area contributed by atoms with Crippen LogP contribution in [-0.4, -0.2) is 54.4 Å². The first kappa shape index (κ1) is 24.8. The van der Waals surface area contributed by atoms with Gasteiger partial charge < -0.3 is 19.9 Å². The van der Waals surface area contributed by atoms with Crippen molar-refractivity contribution in [3.63, 3.8) is 0 Å². The highest BCUT2D eigenvalue weighted by Gasteiger charge is 2.31. The van der Waals surface area contributed by atoms with Gasteiger partial charge in [0.05, 0.1) is 24.0 Å². The number of hydrogen-bond donors (Lipinski definition) is 2. The molecule has 1 amide bonds. The largest absolute Gasteiger partial charge is 0.391 e. The summed E-state index contributed by atoms with van der Waals surface area (Å²) in [6.07, 6.45) is 11.3. The van der Waals surface area contributed by atoms with Crippen LogP contribution in [0.3, 0.4) is 0 Å². The van der Waals surface area contributed by atoms with Crippen LogP contribution >= 0.6 is 0 Å². The quantitative estimate of drug-likeness (QED) is 0.312. The normalized spacial score (nSPS) is 19.2. The summed E-state index contributed by atoms with van der Waals surface area (Å²) in [6, 6.07) is 16.6. The van der Waals surface area contributed by atoms with Crippen LogP contribution < -0.4 is 10.2 Å². The predicted molar refractivity (Wildman–Crippen MR) is 154 cm³/mol. The van der Waals surface area contributed by atoms with E-state index in [9.17, 15) is 9.90 Å². The fourth-order valence-electron chi connectivity index (χ4n) is 6.10. The van der Waals surface area contributed by atoms with Crippen molar-refractivity contribution in [2.75, 3.05) is 11.9 Å². The highest BCUT2D eigenvalue weighted by atomic mass is 16.3. The molecule has 0 radical (unpaired) electrons. The smallest absolute Gasteiger partial charge is 0.257 e. The number of nitrogens with one attached hydrogen (secondary N) is 1. The number of anilines is 1. The van der Waals surface area contributed by atoms with Crippen molar-refractivity contribution in [2.45, 2.75) is 63.3 Å². The number of aromatic nitrogens is 5. The van der Waals surface area contributed by atoms with E-state index >= 15 is 0 Å². The van der Waals surface area contributed by atoms with Gasteiger partial charge in [0.25, 0.3) is 5.91 Å². The van der Waals surface area contributed by atoms with Gasteiger partial charge in [0.2, 0.25) is 0 Å². The second-order valence-corrected chi connectivity index (χ2v) is 11.1. The molecule has 0 saturated heterocycles. The molecule has 2 aliphatic carbocycles. The zero-order valence-electron chi connectivity index (χ0n) is 22.6. The van der Waals surface area contributed by atoms with Crippen molar-refractivity contribution in [3.05, 3.63) is 78.2 Å². The van der Waals surface area contributed by atoms with Crippen LogP contribution in [0.4, 0.5) is 5.82 Å². The van der Waals surface area contributed by atoms with Crippen molar-refractivity contribution >= 4 is 28.4 Å². The highest BCUT2D eigenvalue weighted by Crippen LogP contribution is 2.37. The number of fused-ring (bicyclic) bond motifs is 2. The van der Waals surface area contributed by atoms with Crippen molar-refractivity contribution in [3.8, 4) is 11.3 Å². The van der Waals surface area contributed by atoms with Crippen molar-refractivity contribution < 1.29 is 9.90 Å². The summed E-state index contributed by atoms with van der Waals surface area (Å²) in [4.78, 5) is 25.3. The first-order valence-corrected chi connectivity index (χ1v) is 14.2. The number of hydrogen-bond acceptors (Lipinski definition) is 6. The average Bonchev–Trinajstić information content (AvgIpc) is 3.73. The summed E-state index contributed by atoms with van der Waals surface area (Å²) < 4.78 is 4.06. The fourth-order valence-corrected chi connectivity index (χ4v) is 6.10. The molecule has 2 fully saturated rings. The molecule has 7 rings (SSSR count). The maximum atomic E-state index is 13.3. The molecular formula is C31H33N7O2. The minimum atomic E-state index is -0.504. The molecule has 0 spiro atoms. The van der Waals surface area contributed by atoms with E-state index in [1.807, 2.05) is 37.5 Å². The molecule has 1 aromatic carbocycles. The first-order valence-electron chi connectivity index (χ1n) is 14.2. The Morgan fingerprint density at radius 3 is 2.65 bits per heavy atom. The van der Waals surface area contributed by atoms with Crippen LogP contribution in [0.15, 0.2) is 67.1 Å². The lowest BCUT2D eigenvalue weighted by Gasteiger charge is -2.32. The van der Waals surface area contributed by atoms with Crippen LogP contribution in [0.2, 0.25) is 0 Å². The number of rotatable bonds is 7. The van der Waals surface area contributed by atoms with Crippen molar-refractivity contribution in [2.24, 2.45) is 0 Å². The molecule has 2 saturated carbocycles. The Bertz CT molecular complexity index is 1690. The number of carbonyl (C=O) groups excluding carboxylic acids is 1. The first-order chi connectivity index (χ1) is 19.6. The Labute approximate surface area is 232 Å². The van der Waals surface area contributed by atoms with Gasteiger partial charge in [0, 0.05) is 49.0 Å². The number of carbonyl (C=O) groups is 1. The van der Waals surface area contributed by atoms with E-state index in [2.05, 4.69) is 50.3 Å². The van der Waals surface area contributed by atoms with Crippen LogP contribution in [0.25, 0.3) is 27.9 Å². The van der Waals surface area contributed by atoms with E-state index in [-0.39, 0.29) is 11.9 Å². The van der Waals surface area contributed by atoms with E-state index in [1.54, 1.807) is 10.7 Å². The molecule has 2 atom stereocenters. The molecule has 2 aliphatic rings. The number of aliphatic hydroxyl groups excluding tert-OH is 1. The summed E-state index contributed by atoms with van der Waals surface area (Å²) in [7, 11) is 2.03. The van der Waals surface area contributed by atoms with Gasteiger partial charge in [-0.1, -0.05) is 43.2 Å². The third-order valence-corrected chi connectivity index (χ3v) is 8.49. The van der Waals surface area contributed by atoms with Gasteiger partial charge in [-0.05, 0) is 43.4 Å². The lowest BCUT2D eigenvalue weighted by atomic mass is 9.89. The molecule has 1 unspecified atom stereocenters. The van der Waals surface area contributed by atoms with Crippen molar-refractivity contribution in [1.82, 2.24) is 29.5 Å². The van der Waals surface area contributed by atoms with E-state index in [4.69, 9.17) is 9.97 Å². The zero-order chi connectivity index (χ0) is 27.2. The maximum absolute atomic E-state index is 13.3. The number of benzene rings is 1. The van der Waals surface area contributed by atoms with Crippen LogP contribution in [0.1, 0.15) is 60.5 Å². The summed E-state index contributed by atoms with van der Waals surface area (Å²) in [5, 5.41) is 18.7. The minimum absolute atomic E-state index is 0.235. The number of nitrogens with zero attached hydrogens (tertiary/aromatic N) is 6. The molecule has 204 valence electrons. The summed E-state index contributed by atoms with van der Waals surface area (Å²) in [6.45, 7) is 0.667. The summed E-state index contributed by atoms with van der Waals surface area (Å²) in [5.41, 5.74) is 4.79. The number of aliphatic hydroxyl groups is 1. The Hall–Kier alpha value is -4.24. The van der Waals surface area contributed by atoms with Gasteiger partial charge in [-0.25, -0.2) is 9.97 Å². The van der Waals surface area contributed by atoms with Gasteiger partial charge in [0.1, 0.15) is 17.0 Å². The van der Waals surface area contributed by atoms with E-state index < -0.39 is 6.10 Å². The Balaban J connectivity index is 1.37. The Morgan fingerprint density at radius 2 is 1.90 bits per heavy atom. The standard InChI is InChI=1S/C31H33N7O2/c1-36(18-20-8-3-2-4-9-20)28-16-26(24-19-37(21-10-5-6-11-21)29-22(24)12-7-15-32-29)34-30-23(17-33-38(28)30)31(40)35-25-13-14-27(25)39/h2-4,7-9,12,15-17,19,21,25,27,39H,5-6,10-11,13-14,18H2,1H3,(H,35,40)/t25?,27-/m1/s1. The lowest BCUT2D eigenvalue weighted by Crippen LogP contribution is -2.50. The SMILES string of the molecule is CN(Cc1ccccc1)c1cc(-c2cn(C3CCCC3)c3ncccc23)nc2c(C(=O)NC3CC[C@H]3O)cnn12. The van der Waals surface area contributed by atoms with E-state index in [0.29, 0.717) is 30.2 Å². The van der Waals surface area contributed by atoms with Gasteiger partial charge in [0.15, 0.2) is 5.65 Å². The van der Waals surface area contributed by atoms with Gasteiger partial charge in [-0.2, -0.15) is 9.61 Å². The second kappa shape index (κ2) is 10.1. The highest BCUT2D eigenvalue weighted by molar-refractivity contribution is 6.01. The molecule has 5 aromatic rings. The topological polar surface area (TPSA) is 101 Å². The molecule has 40 heavy (non-hydrogen) atoms. The average molecular weight is 536 g/mol. The molecular weight excluding hydrogens is 502 g/mol. The summed E-state index contributed by atoms with van der Waals surface area (Å²) >= 11 is 0. The van der Waals surface area contributed by atoms with Crippen LogP contribution in [0, 0.1) is 0 Å². The van der Waals surface area contributed by atoms with Gasteiger partial charge >= 0.3 is 0 Å². The second-order valence-electron chi connectivity index (χ2n) is 11.1. The molecule has 0 bridgehead atoms. The molecule has 9 heteroatoms. The number of amides is 1. The van der Waals surface area contributed by atoms with Crippen LogP contribution in [0.5, 0.6) is 0 Å².